The van der Waals surface area contributed by atoms with E-state index in [0.717, 1.165) is 22.8 Å². The van der Waals surface area contributed by atoms with Gasteiger partial charge in [-0.1, -0.05) is 11.6 Å². The van der Waals surface area contributed by atoms with Crippen molar-refractivity contribution in [3.63, 3.8) is 0 Å². The molecule has 9 heteroatoms. The van der Waals surface area contributed by atoms with Gasteiger partial charge in [-0.2, -0.15) is 9.78 Å². The second-order valence-corrected chi connectivity index (χ2v) is 8.55. The monoisotopic (exact) mass is 417 g/mol. The molecule has 2 fully saturated rings. The molecule has 2 aliphatic carbocycles. The molecule has 0 saturated heterocycles. The van der Waals surface area contributed by atoms with Gasteiger partial charge >= 0.3 is 0 Å². The lowest BCUT2D eigenvalue weighted by molar-refractivity contribution is -0.949. The molecule has 0 aliphatic heterocycles. The van der Waals surface area contributed by atoms with Crippen molar-refractivity contribution in [2.24, 2.45) is 7.05 Å². The Morgan fingerprint density at radius 1 is 1.18 bits per heavy atom. The third kappa shape index (κ3) is 3.64. The standard InChI is InChI=1S/C19H21ClN6OS/c1-24-17(12-2-3-12)23-26(19(24)28)11-25(15-8-9-15)10-16-21-22-18(27-16)13-4-6-14(20)7-5-13/h4-7,12,15H,2-3,8-11H2,1H3/p+1. The zero-order valence-electron chi connectivity index (χ0n) is 15.6. The first-order valence-corrected chi connectivity index (χ1v) is 10.4. The van der Waals surface area contributed by atoms with Crippen molar-refractivity contribution in [2.45, 2.75) is 50.9 Å². The molecule has 1 aromatic carbocycles. The topological polar surface area (TPSA) is 66.1 Å². The Morgan fingerprint density at radius 3 is 2.61 bits per heavy atom. The van der Waals surface area contributed by atoms with Crippen molar-refractivity contribution in [3.8, 4) is 11.5 Å². The SMILES string of the molecule is Cn1c(C2CC2)nn(C[NH+](Cc2nnc(-c3ccc(Cl)cc3)o2)C2CC2)c1=S. The van der Waals surface area contributed by atoms with Gasteiger partial charge in [0.1, 0.15) is 5.82 Å². The van der Waals surface area contributed by atoms with E-state index >= 15 is 0 Å². The van der Waals surface area contributed by atoms with Gasteiger partial charge in [-0.05, 0) is 49.3 Å². The van der Waals surface area contributed by atoms with Crippen LogP contribution in [0.1, 0.15) is 43.3 Å². The fourth-order valence-electron chi connectivity index (χ4n) is 3.55. The van der Waals surface area contributed by atoms with Crippen LogP contribution >= 0.6 is 23.8 Å². The highest BCUT2D eigenvalue weighted by atomic mass is 35.5. The quantitative estimate of drug-likeness (QED) is 0.599. The number of nitrogens with zero attached hydrogens (tertiary/aromatic N) is 5. The lowest BCUT2D eigenvalue weighted by Gasteiger charge is -2.16. The molecule has 0 bridgehead atoms. The first-order chi connectivity index (χ1) is 13.6. The first kappa shape index (κ1) is 18.0. The molecule has 0 amide bonds. The van der Waals surface area contributed by atoms with E-state index < -0.39 is 0 Å². The van der Waals surface area contributed by atoms with Crippen LogP contribution < -0.4 is 4.90 Å². The normalized spacial score (nSPS) is 17.8. The molecule has 2 aliphatic rings. The summed E-state index contributed by atoms with van der Waals surface area (Å²) >= 11 is 11.6. The maximum absolute atomic E-state index is 5.95. The average Bonchev–Trinajstić information content (AvgIpc) is 3.62. The summed E-state index contributed by atoms with van der Waals surface area (Å²) in [5, 5.41) is 13.9. The van der Waals surface area contributed by atoms with E-state index in [0.29, 0.717) is 35.3 Å². The van der Waals surface area contributed by atoms with Gasteiger partial charge in [-0.25, -0.2) is 0 Å². The molecular weight excluding hydrogens is 396 g/mol. The summed E-state index contributed by atoms with van der Waals surface area (Å²) in [7, 11) is 2.02. The lowest BCUT2D eigenvalue weighted by atomic mass is 10.2. The van der Waals surface area contributed by atoms with Gasteiger partial charge < -0.3 is 13.9 Å². The predicted molar refractivity (Wildman–Crippen MR) is 106 cm³/mol. The number of hydrogen-bond acceptors (Lipinski definition) is 5. The molecule has 2 aromatic heterocycles. The van der Waals surface area contributed by atoms with E-state index in [4.69, 9.17) is 33.3 Å². The van der Waals surface area contributed by atoms with Crippen LogP contribution in [-0.2, 0) is 20.3 Å². The van der Waals surface area contributed by atoms with Crippen molar-refractivity contribution in [1.29, 1.82) is 0 Å². The number of hydrogen-bond donors (Lipinski definition) is 1. The fourth-order valence-corrected chi connectivity index (χ4v) is 3.87. The summed E-state index contributed by atoms with van der Waals surface area (Å²) in [4.78, 5) is 1.36. The van der Waals surface area contributed by atoms with Crippen LogP contribution in [0.4, 0.5) is 0 Å². The van der Waals surface area contributed by atoms with Gasteiger partial charge in [-0.3, -0.25) is 0 Å². The van der Waals surface area contributed by atoms with Crippen molar-refractivity contribution in [3.05, 3.63) is 45.8 Å². The predicted octanol–water partition coefficient (Wildman–Crippen LogP) is 2.74. The second kappa shape index (κ2) is 7.09. The Hall–Kier alpha value is -2.03. The largest absolute Gasteiger partial charge is 0.415 e. The summed E-state index contributed by atoms with van der Waals surface area (Å²) in [6, 6.07) is 8.01. The van der Waals surface area contributed by atoms with Gasteiger partial charge in [-0.15, -0.1) is 10.2 Å². The average molecular weight is 418 g/mol. The summed E-state index contributed by atoms with van der Waals surface area (Å²) in [5.74, 6) is 2.85. The molecule has 5 rings (SSSR count). The van der Waals surface area contributed by atoms with Crippen molar-refractivity contribution in [2.75, 3.05) is 0 Å². The third-order valence-electron chi connectivity index (χ3n) is 5.46. The van der Waals surface area contributed by atoms with Crippen LogP contribution in [0.2, 0.25) is 5.02 Å². The lowest BCUT2D eigenvalue weighted by Crippen LogP contribution is -3.11. The number of aromatic nitrogens is 5. The van der Waals surface area contributed by atoms with E-state index in [-0.39, 0.29) is 0 Å². The number of halogens is 1. The summed E-state index contributed by atoms with van der Waals surface area (Å²) in [6.45, 7) is 1.39. The highest BCUT2D eigenvalue weighted by Gasteiger charge is 2.36. The fraction of sp³-hybridized carbons (Fsp3) is 0.474. The third-order valence-corrected chi connectivity index (χ3v) is 6.20. The Labute approximate surface area is 172 Å². The molecule has 28 heavy (non-hydrogen) atoms. The zero-order valence-corrected chi connectivity index (χ0v) is 17.2. The highest BCUT2D eigenvalue weighted by Crippen LogP contribution is 2.38. The summed E-state index contributed by atoms with van der Waals surface area (Å²) in [6.07, 6.45) is 4.86. The number of quaternary nitrogens is 1. The molecule has 3 aromatic rings. The van der Waals surface area contributed by atoms with Crippen molar-refractivity contribution >= 4 is 23.8 Å². The zero-order chi connectivity index (χ0) is 19.3. The van der Waals surface area contributed by atoms with E-state index in [1.165, 1.54) is 30.6 Å². The molecule has 0 radical (unpaired) electrons. The molecular formula is C19H22ClN6OS+. The van der Waals surface area contributed by atoms with Crippen LogP contribution in [0.15, 0.2) is 28.7 Å². The minimum atomic E-state index is 0.521. The van der Waals surface area contributed by atoms with Crippen LogP contribution in [-0.4, -0.2) is 30.6 Å². The highest BCUT2D eigenvalue weighted by molar-refractivity contribution is 7.71. The van der Waals surface area contributed by atoms with Crippen molar-refractivity contribution in [1.82, 2.24) is 24.5 Å². The Bertz CT molecular complexity index is 1050. The maximum atomic E-state index is 5.95. The smallest absolute Gasteiger partial charge is 0.271 e. The van der Waals surface area contributed by atoms with Crippen LogP contribution in [0.5, 0.6) is 0 Å². The molecule has 1 N–H and O–H groups in total. The van der Waals surface area contributed by atoms with Gasteiger partial charge in [0.15, 0.2) is 13.2 Å². The number of rotatable bonds is 7. The molecule has 1 atom stereocenters. The van der Waals surface area contributed by atoms with E-state index in [2.05, 4.69) is 14.8 Å². The van der Waals surface area contributed by atoms with Gasteiger partial charge in [0.2, 0.25) is 10.7 Å². The van der Waals surface area contributed by atoms with Crippen LogP contribution in [0.25, 0.3) is 11.5 Å². The summed E-state index contributed by atoms with van der Waals surface area (Å²) in [5.41, 5.74) is 0.872. The minimum Gasteiger partial charge on any atom is -0.415 e. The minimum absolute atomic E-state index is 0.521. The second-order valence-electron chi connectivity index (χ2n) is 7.75. The molecule has 146 valence electrons. The molecule has 2 saturated carbocycles. The van der Waals surface area contributed by atoms with Gasteiger partial charge in [0.25, 0.3) is 5.89 Å². The van der Waals surface area contributed by atoms with Crippen LogP contribution in [0.3, 0.4) is 0 Å². The number of benzene rings is 1. The molecule has 0 spiro atoms. The van der Waals surface area contributed by atoms with Gasteiger partial charge in [0.05, 0.1) is 6.04 Å². The Morgan fingerprint density at radius 2 is 1.93 bits per heavy atom. The summed E-state index contributed by atoms with van der Waals surface area (Å²) < 4.78 is 10.7. The van der Waals surface area contributed by atoms with Gasteiger partial charge in [0, 0.05) is 36.4 Å². The van der Waals surface area contributed by atoms with Crippen LogP contribution in [0, 0.1) is 4.77 Å². The van der Waals surface area contributed by atoms with E-state index in [1.807, 2.05) is 36.0 Å². The Balaban J connectivity index is 1.34. The number of nitrogens with one attached hydrogen (secondary N) is 1. The maximum Gasteiger partial charge on any atom is 0.271 e. The molecule has 1 unspecified atom stereocenters. The molecule has 2 heterocycles. The first-order valence-electron chi connectivity index (χ1n) is 9.65. The molecule has 7 nitrogen and oxygen atoms in total. The van der Waals surface area contributed by atoms with E-state index in [1.54, 1.807) is 0 Å². The van der Waals surface area contributed by atoms with E-state index in [9.17, 15) is 0 Å². The Kier molecular flexibility index (Phi) is 4.57. The van der Waals surface area contributed by atoms with Crippen molar-refractivity contribution < 1.29 is 9.32 Å².